The lowest BCUT2D eigenvalue weighted by atomic mass is 9.87. The molecule has 3 nitrogen and oxygen atoms in total. The Labute approximate surface area is 99.9 Å². The maximum Gasteiger partial charge on any atom is 0.407 e. The molecule has 0 heterocycles. The monoisotopic (exact) mass is 229 g/mol. The van der Waals surface area contributed by atoms with Crippen molar-refractivity contribution in [2.75, 3.05) is 0 Å². The zero-order chi connectivity index (χ0) is 13.0. The summed E-state index contributed by atoms with van der Waals surface area (Å²) in [7, 11) is 0. The molecule has 0 rings (SSSR count). The molecule has 0 aromatic heterocycles. The first-order chi connectivity index (χ1) is 7.03. The van der Waals surface area contributed by atoms with Crippen molar-refractivity contribution in [2.24, 2.45) is 5.41 Å². The van der Waals surface area contributed by atoms with Crippen LogP contribution >= 0.6 is 0 Å². The van der Waals surface area contributed by atoms with Crippen molar-refractivity contribution >= 4 is 6.09 Å². The fraction of sp³-hybridized carbons (Fsp3) is 0.923. The zero-order valence-corrected chi connectivity index (χ0v) is 11.8. The van der Waals surface area contributed by atoms with Gasteiger partial charge in [-0.05, 0) is 39.0 Å². The Balaban J connectivity index is 4.18. The van der Waals surface area contributed by atoms with E-state index < -0.39 is 5.60 Å². The largest absolute Gasteiger partial charge is 0.444 e. The van der Waals surface area contributed by atoms with Crippen molar-refractivity contribution in [2.45, 2.75) is 73.0 Å². The molecule has 0 aliphatic rings. The molecule has 1 unspecified atom stereocenters. The summed E-state index contributed by atoms with van der Waals surface area (Å²) in [6.45, 7) is 14.2. The van der Waals surface area contributed by atoms with Crippen LogP contribution in [0.5, 0.6) is 0 Å². The minimum atomic E-state index is -0.426. The lowest BCUT2D eigenvalue weighted by Gasteiger charge is -2.27. The van der Waals surface area contributed by atoms with Crippen LogP contribution in [0.3, 0.4) is 0 Å². The number of carbonyl (C=O) groups excluding carboxylic acids is 1. The topological polar surface area (TPSA) is 38.3 Å². The lowest BCUT2D eigenvalue weighted by Crippen LogP contribution is -2.40. The first-order valence-electron chi connectivity index (χ1n) is 6.03. The van der Waals surface area contributed by atoms with Crippen molar-refractivity contribution in [3.05, 3.63) is 0 Å². The molecule has 0 bridgehead atoms. The average Bonchev–Trinajstić information content (AvgIpc) is 1.96. The second kappa shape index (κ2) is 5.55. The van der Waals surface area contributed by atoms with Crippen LogP contribution in [0.1, 0.15) is 61.3 Å². The minimum Gasteiger partial charge on any atom is -0.444 e. The molecular weight excluding hydrogens is 202 g/mol. The van der Waals surface area contributed by atoms with Gasteiger partial charge in [-0.3, -0.25) is 0 Å². The number of nitrogens with one attached hydrogen (secondary N) is 1. The highest BCUT2D eigenvalue weighted by atomic mass is 16.6. The quantitative estimate of drug-likeness (QED) is 0.801. The summed E-state index contributed by atoms with van der Waals surface area (Å²) in [5.74, 6) is 0. The van der Waals surface area contributed by atoms with Gasteiger partial charge in [0.15, 0.2) is 0 Å². The van der Waals surface area contributed by atoms with Crippen molar-refractivity contribution < 1.29 is 9.53 Å². The van der Waals surface area contributed by atoms with Crippen molar-refractivity contribution in [3.8, 4) is 0 Å². The van der Waals surface area contributed by atoms with E-state index in [0.29, 0.717) is 0 Å². The number of alkyl carbamates (subject to hydrolysis) is 1. The van der Waals surface area contributed by atoms with E-state index in [1.165, 1.54) is 0 Å². The maximum absolute atomic E-state index is 11.6. The van der Waals surface area contributed by atoms with E-state index >= 15 is 0 Å². The Morgan fingerprint density at radius 2 is 1.69 bits per heavy atom. The van der Waals surface area contributed by atoms with Gasteiger partial charge in [0.05, 0.1) is 0 Å². The van der Waals surface area contributed by atoms with Crippen LogP contribution < -0.4 is 5.32 Å². The first-order valence-corrected chi connectivity index (χ1v) is 6.03. The van der Waals surface area contributed by atoms with Crippen molar-refractivity contribution in [1.29, 1.82) is 0 Å². The van der Waals surface area contributed by atoms with Gasteiger partial charge in [0.25, 0.3) is 0 Å². The normalized spacial score (nSPS) is 14.4. The summed E-state index contributed by atoms with van der Waals surface area (Å²) in [4.78, 5) is 11.6. The van der Waals surface area contributed by atoms with E-state index in [1.54, 1.807) is 0 Å². The number of rotatable bonds is 3. The summed E-state index contributed by atoms with van der Waals surface area (Å²) in [5.41, 5.74) is -0.209. The minimum absolute atomic E-state index is 0.190. The fourth-order valence-electron chi connectivity index (χ4n) is 1.51. The molecule has 0 saturated carbocycles. The third-order valence-corrected chi connectivity index (χ3v) is 2.07. The van der Waals surface area contributed by atoms with E-state index in [0.717, 1.165) is 12.8 Å². The van der Waals surface area contributed by atoms with Crippen LogP contribution in [0.4, 0.5) is 4.79 Å². The Hall–Kier alpha value is -0.730. The highest BCUT2D eigenvalue weighted by Gasteiger charge is 2.22. The van der Waals surface area contributed by atoms with Gasteiger partial charge in [0.1, 0.15) is 5.60 Å². The molecule has 0 aliphatic heterocycles. The molecule has 0 aromatic rings. The molecule has 16 heavy (non-hydrogen) atoms. The fourth-order valence-corrected chi connectivity index (χ4v) is 1.51. The van der Waals surface area contributed by atoms with Crippen LogP contribution in [0.15, 0.2) is 0 Å². The Kier molecular flexibility index (Phi) is 5.30. The van der Waals surface area contributed by atoms with Crippen LogP contribution in [0, 0.1) is 5.41 Å². The highest BCUT2D eigenvalue weighted by molar-refractivity contribution is 5.68. The summed E-state index contributed by atoms with van der Waals surface area (Å²) in [6, 6.07) is 0.190. The summed E-state index contributed by atoms with van der Waals surface area (Å²) < 4.78 is 5.23. The second-order valence-electron chi connectivity index (χ2n) is 6.52. The van der Waals surface area contributed by atoms with Gasteiger partial charge in [0.2, 0.25) is 0 Å². The number of amides is 1. The third-order valence-electron chi connectivity index (χ3n) is 2.07. The average molecular weight is 229 g/mol. The van der Waals surface area contributed by atoms with Gasteiger partial charge in [-0.25, -0.2) is 4.79 Å². The Bertz CT molecular complexity index is 223. The molecule has 0 aliphatic carbocycles. The van der Waals surface area contributed by atoms with Gasteiger partial charge in [0, 0.05) is 6.04 Å². The van der Waals surface area contributed by atoms with Crippen molar-refractivity contribution in [3.63, 3.8) is 0 Å². The number of ether oxygens (including phenoxy) is 1. The Morgan fingerprint density at radius 3 is 2.00 bits per heavy atom. The van der Waals surface area contributed by atoms with Crippen LogP contribution in [0.2, 0.25) is 0 Å². The SMILES string of the molecule is CCC(CC(C)(C)C)NC(=O)OC(C)(C)C. The van der Waals surface area contributed by atoms with Gasteiger partial charge in [-0.2, -0.15) is 0 Å². The number of carbonyl (C=O) groups is 1. The molecule has 0 fully saturated rings. The van der Waals surface area contributed by atoms with Crippen LogP contribution in [-0.4, -0.2) is 17.7 Å². The van der Waals surface area contributed by atoms with E-state index in [-0.39, 0.29) is 17.6 Å². The third kappa shape index (κ3) is 8.57. The molecule has 96 valence electrons. The number of hydrogen-bond acceptors (Lipinski definition) is 2. The highest BCUT2D eigenvalue weighted by Crippen LogP contribution is 2.22. The standard InChI is InChI=1S/C13H27NO2/c1-8-10(9-12(2,3)4)14-11(15)16-13(5,6)7/h10H,8-9H2,1-7H3,(H,14,15). The van der Waals surface area contributed by atoms with Crippen LogP contribution in [0.25, 0.3) is 0 Å². The summed E-state index contributed by atoms with van der Waals surface area (Å²) in [6.07, 6.45) is 1.57. The van der Waals surface area contributed by atoms with Crippen molar-refractivity contribution in [1.82, 2.24) is 5.32 Å². The van der Waals surface area contributed by atoms with E-state index in [1.807, 2.05) is 20.8 Å². The Morgan fingerprint density at radius 1 is 1.19 bits per heavy atom. The molecular formula is C13H27NO2. The molecule has 1 atom stereocenters. The molecule has 1 N–H and O–H groups in total. The first kappa shape index (κ1) is 15.3. The molecule has 0 saturated heterocycles. The number of hydrogen-bond donors (Lipinski definition) is 1. The summed E-state index contributed by atoms with van der Waals surface area (Å²) >= 11 is 0. The predicted octanol–water partition coefficient (Wildman–Crippen LogP) is 3.73. The molecule has 3 heteroatoms. The van der Waals surface area contributed by atoms with Gasteiger partial charge in [-0.1, -0.05) is 27.7 Å². The zero-order valence-electron chi connectivity index (χ0n) is 11.8. The van der Waals surface area contributed by atoms with Gasteiger partial charge >= 0.3 is 6.09 Å². The van der Waals surface area contributed by atoms with Gasteiger partial charge in [-0.15, -0.1) is 0 Å². The predicted molar refractivity (Wildman–Crippen MR) is 67.5 cm³/mol. The molecule has 0 radical (unpaired) electrons. The van der Waals surface area contributed by atoms with E-state index in [9.17, 15) is 4.79 Å². The molecule has 0 spiro atoms. The molecule has 0 aromatic carbocycles. The maximum atomic E-state index is 11.6. The van der Waals surface area contributed by atoms with E-state index in [2.05, 4.69) is 33.0 Å². The lowest BCUT2D eigenvalue weighted by molar-refractivity contribution is 0.0491. The van der Waals surface area contributed by atoms with E-state index in [4.69, 9.17) is 4.74 Å². The van der Waals surface area contributed by atoms with Crippen LogP contribution in [-0.2, 0) is 4.74 Å². The molecule has 1 amide bonds. The van der Waals surface area contributed by atoms with Gasteiger partial charge < -0.3 is 10.1 Å². The second-order valence-corrected chi connectivity index (χ2v) is 6.52. The summed E-state index contributed by atoms with van der Waals surface area (Å²) in [5, 5.41) is 2.92. The smallest absolute Gasteiger partial charge is 0.407 e.